The molecule has 0 N–H and O–H groups in total. The maximum atomic E-state index is 13.3. The summed E-state index contributed by atoms with van der Waals surface area (Å²) in [6.45, 7) is 4.02. The standard InChI is InChI=1S/C21H26FNO2S/c1-14(2)26-19-18(15-10-12-16(22)13-11-15)20(24)23(21(19)25)17-8-6-4-3-5-7-9-17/h10-14,17H,3-9H2,1-2H3. The predicted molar refractivity (Wildman–Crippen MR) is 104 cm³/mol. The molecule has 0 aromatic heterocycles. The lowest BCUT2D eigenvalue weighted by Crippen LogP contribution is -2.41. The molecule has 3 nitrogen and oxygen atoms in total. The summed E-state index contributed by atoms with van der Waals surface area (Å²) < 4.78 is 13.3. The van der Waals surface area contributed by atoms with E-state index >= 15 is 0 Å². The monoisotopic (exact) mass is 375 g/mol. The zero-order chi connectivity index (χ0) is 18.7. The lowest BCUT2D eigenvalue weighted by Gasteiger charge is -2.28. The van der Waals surface area contributed by atoms with Gasteiger partial charge in [0.2, 0.25) is 0 Å². The van der Waals surface area contributed by atoms with E-state index in [2.05, 4.69) is 0 Å². The first-order valence-corrected chi connectivity index (χ1v) is 10.4. The third kappa shape index (κ3) is 4.03. The van der Waals surface area contributed by atoms with E-state index in [1.54, 1.807) is 12.1 Å². The molecule has 0 spiro atoms. The van der Waals surface area contributed by atoms with Gasteiger partial charge in [-0.1, -0.05) is 58.1 Å². The van der Waals surface area contributed by atoms with Crippen LogP contribution < -0.4 is 0 Å². The van der Waals surface area contributed by atoms with E-state index in [1.165, 1.54) is 48.1 Å². The highest BCUT2D eigenvalue weighted by Gasteiger charge is 2.42. The summed E-state index contributed by atoms with van der Waals surface area (Å²) in [5.41, 5.74) is 1.07. The average Bonchev–Trinajstić information content (AvgIpc) is 2.79. The molecular weight excluding hydrogens is 349 g/mol. The molecule has 0 atom stereocenters. The zero-order valence-corrected chi connectivity index (χ0v) is 16.3. The van der Waals surface area contributed by atoms with Crippen LogP contribution in [0.2, 0.25) is 0 Å². The number of thioether (sulfide) groups is 1. The predicted octanol–water partition coefficient (Wildman–Crippen LogP) is 5.16. The summed E-state index contributed by atoms with van der Waals surface area (Å²) in [5.74, 6) is -0.727. The van der Waals surface area contributed by atoms with Gasteiger partial charge in [-0.25, -0.2) is 4.39 Å². The van der Waals surface area contributed by atoms with E-state index in [0.29, 0.717) is 16.0 Å². The highest BCUT2D eigenvalue weighted by molar-refractivity contribution is 8.04. The number of imide groups is 1. The van der Waals surface area contributed by atoms with Crippen molar-refractivity contribution in [1.82, 2.24) is 4.90 Å². The molecule has 1 aliphatic heterocycles. The molecule has 0 radical (unpaired) electrons. The Morgan fingerprint density at radius 2 is 1.54 bits per heavy atom. The first-order valence-electron chi connectivity index (χ1n) is 9.54. The van der Waals surface area contributed by atoms with E-state index < -0.39 is 0 Å². The number of benzene rings is 1. The van der Waals surface area contributed by atoms with Crippen molar-refractivity contribution in [2.24, 2.45) is 0 Å². The third-order valence-electron chi connectivity index (χ3n) is 5.00. The number of hydrogen-bond acceptors (Lipinski definition) is 3. The van der Waals surface area contributed by atoms with Crippen LogP contribution >= 0.6 is 11.8 Å². The van der Waals surface area contributed by atoms with Crippen LogP contribution in [0.15, 0.2) is 29.2 Å². The Balaban J connectivity index is 1.95. The Labute approximate surface area is 159 Å². The summed E-state index contributed by atoms with van der Waals surface area (Å²) in [6, 6.07) is 5.86. The Morgan fingerprint density at radius 3 is 2.12 bits per heavy atom. The molecule has 1 fully saturated rings. The Kier molecular flexibility index (Phi) is 6.17. The molecule has 26 heavy (non-hydrogen) atoms. The van der Waals surface area contributed by atoms with Crippen molar-refractivity contribution in [2.75, 3.05) is 0 Å². The fourth-order valence-corrected chi connectivity index (χ4v) is 4.76. The summed E-state index contributed by atoms with van der Waals surface area (Å²) in [5, 5.41) is 0.189. The second kappa shape index (κ2) is 8.38. The van der Waals surface area contributed by atoms with Crippen molar-refractivity contribution in [3.8, 4) is 0 Å². The van der Waals surface area contributed by atoms with Crippen molar-refractivity contribution in [3.05, 3.63) is 40.6 Å². The van der Waals surface area contributed by atoms with Crippen LogP contribution in [-0.4, -0.2) is 28.0 Å². The second-order valence-corrected chi connectivity index (χ2v) is 8.94. The van der Waals surface area contributed by atoms with Crippen molar-refractivity contribution >= 4 is 29.1 Å². The van der Waals surface area contributed by atoms with Crippen LogP contribution in [0.1, 0.15) is 64.4 Å². The molecule has 0 bridgehead atoms. The first-order chi connectivity index (χ1) is 12.5. The van der Waals surface area contributed by atoms with Crippen molar-refractivity contribution in [3.63, 3.8) is 0 Å². The Bertz CT molecular complexity index is 703. The van der Waals surface area contributed by atoms with Gasteiger partial charge in [0, 0.05) is 11.3 Å². The molecule has 1 aromatic carbocycles. The van der Waals surface area contributed by atoms with E-state index in [-0.39, 0.29) is 28.9 Å². The van der Waals surface area contributed by atoms with Gasteiger partial charge < -0.3 is 0 Å². The molecule has 140 valence electrons. The quantitative estimate of drug-likeness (QED) is 0.682. The average molecular weight is 376 g/mol. The molecule has 1 aliphatic carbocycles. The molecule has 1 aromatic rings. The van der Waals surface area contributed by atoms with Crippen LogP contribution in [0.5, 0.6) is 0 Å². The lowest BCUT2D eigenvalue weighted by atomic mass is 9.95. The fraction of sp³-hybridized carbons (Fsp3) is 0.524. The smallest absolute Gasteiger partial charge is 0.268 e. The summed E-state index contributed by atoms with van der Waals surface area (Å²) in [4.78, 5) is 28.4. The van der Waals surface area contributed by atoms with Gasteiger partial charge in [-0.05, 0) is 30.5 Å². The van der Waals surface area contributed by atoms with E-state index in [9.17, 15) is 14.0 Å². The van der Waals surface area contributed by atoms with Crippen LogP contribution in [0.4, 0.5) is 4.39 Å². The summed E-state index contributed by atoms with van der Waals surface area (Å²) >= 11 is 1.43. The first kappa shape index (κ1) is 19.2. The zero-order valence-electron chi connectivity index (χ0n) is 15.5. The van der Waals surface area contributed by atoms with Gasteiger partial charge in [-0.2, -0.15) is 0 Å². The maximum Gasteiger partial charge on any atom is 0.268 e. The van der Waals surface area contributed by atoms with Gasteiger partial charge in [0.25, 0.3) is 11.8 Å². The molecule has 2 aliphatic rings. The van der Waals surface area contributed by atoms with Crippen LogP contribution in [-0.2, 0) is 9.59 Å². The van der Waals surface area contributed by atoms with E-state index in [1.807, 2.05) is 13.8 Å². The largest absolute Gasteiger partial charge is 0.271 e. The summed E-state index contributed by atoms with van der Waals surface area (Å²) in [6.07, 6.45) is 7.45. The van der Waals surface area contributed by atoms with Gasteiger partial charge in [-0.3, -0.25) is 14.5 Å². The molecule has 5 heteroatoms. The van der Waals surface area contributed by atoms with E-state index in [0.717, 1.165) is 25.7 Å². The number of nitrogens with zero attached hydrogens (tertiary/aromatic N) is 1. The molecule has 2 amide bonds. The van der Waals surface area contributed by atoms with Crippen molar-refractivity contribution in [2.45, 2.75) is 70.1 Å². The topological polar surface area (TPSA) is 37.4 Å². The number of carbonyl (C=O) groups excluding carboxylic acids is 2. The summed E-state index contributed by atoms with van der Waals surface area (Å²) in [7, 11) is 0. The van der Waals surface area contributed by atoms with Gasteiger partial charge in [0.1, 0.15) is 5.82 Å². The maximum absolute atomic E-state index is 13.3. The number of carbonyl (C=O) groups is 2. The van der Waals surface area contributed by atoms with Gasteiger partial charge in [-0.15, -0.1) is 11.8 Å². The van der Waals surface area contributed by atoms with E-state index in [4.69, 9.17) is 0 Å². The van der Waals surface area contributed by atoms with Crippen LogP contribution in [0.25, 0.3) is 5.57 Å². The van der Waals surface area contributed by atoms with Gasteiger partial charge >= 0.3 is 0 Å². The van der Waals surface area contributed by atoms with Gasteiger partial charge in [0.15, 0.2) is 0 Å². The Hall–Kier alpha value is -1.62. The molecule has 1 heterocycles. The molecule has 3 rings (SSSR count). The second-order valence-electron chi connectivity index (χ2n) is 7.36. The Morgan fingerprint density at radius 1 is 0.962 bits per heavy atom. The lowest BCUT2D eigenvalue weighted by molar-refractivity contribution is -0.139. The van der Waals surface area contributed by atoms with Crippen molar-refractivity contribution in [1.29, 1.82) is 0 Å². The third-order valence-corrected chi connectivity index (χ3v) is 6.08. The highest BCUT2D eigenvalue weighted by Crippen LogP contribution is 2.40. The number of hydrogen-bond donors (Lipinski definition) is 0. The van der Waals surface area contributed by atoms with Gasteiger partial charge in [0.05, 0.1) is 10.5 Å². The van der Waals surface area contributed by atoms with Crippen LogP contribution in [0, 0.1) is 5.82 Å². The minimum Gasteiger partial charge on any atom is -0.271 e. The van der Waals surface area contributed by atoms with Crippen LogP contribution in [0.3, 0.4) is 0 Å². The normalized spacial score (nSPS) is 20.1. The number of halogens is 1. The molecular formula is C21H26FNO2S. The molecule has 0 unspecified atom stereocenters. The highest BCUT2D eigenvalue weighted by atomic mass is 32.2. The SMILES string of the molecule is CC(C)SC1=C(c2ccc(F)cc2)C(=O)N(C2CCCCCCC2)C1=O. The molecule has 1 saturated carbocycles. The molecule has 0 saturated heterocycles. The minimum atomic E-state index is -0.346. The number of amides is 2. The number of rotatable bonds is 4. The fourth-order valence-electron chi connectivity index (χ4n) is 3.77. The minimum absolute atomic E-state index is 0.0176. The van der Waals surface area contributed by atoms with Crippen molar-refractivity contribution < 1.29 is 14.0 Å².